The van der Waals surface area contributed by atoms with Gasteiger partial charge in [-0.1, -0.05) is 48.0 Å². The molecule has 1 aliphatic heterocycles. The van der Waals surface area contributed by atoms with Crippen LogP contribution in [0.1, 0.15) is 12.8 Å². The second-order valence-corrected chi connectivity index (χ2v) is 6.48. The molecule has 1 fully saturated rings. The summed E-state index contributed by atoms with van der Waals surface area (Å²) in [7, 11) is 1.33. The van der Waals surface area contributed by atoms with Crippen LogP contribution in [-0.4, -0.2) is 43.1 Å². The fraction of sp³-hybridized carbons (Fsp3) is 0.300. The van der Waals surface area contributed by atoms with Crippen molar-refractivity contribution in [1.82, 2.24) is 4.90 Å². The lowest BCUT2D eigenvalue weighted by Crippen LogP contribution is -2.43. The highest BCUT2D eigenvalue weighted by molar-refractivity contribution is 6.32. The number of nitrogens with zero attached hydrogens (tertiary/aromatic N) is 1. The smallest absolute Gasteiger partial charge is 0.328 e. The van der Waals surface area contributed by atoms with E-state index in [0.717, 1.165) is 17.5 Å². The number of amides is 1. The third-order valence-electron chi connectivity index (χ3n) is 4.44. The van der Waals surface area contributed by atoms with Gasteiger partial charge in [0.15, 0.2) is 6.61 Å². The number of hydrogen-bond donors (Lipinski definition) is 0. The van der Waals surface area contributed by atoms with Gasteiger partial charge in [-0.25, -0.2) is 4.79 Å². The molecule has 2 aromatic rings. The summed E-state index contributed by atoms with van der Waals surface area (Å²) in [5, 5.41) is 0.435. The molecular weight excluding hydrogens is 354 g/mol. The number of benzene rings is 2. The van der Waals surface area contributed by atoms with Gasteiger partial charge < -0.3 is 14.4 Å². The summed E-state index contributed by atoms with van der Waals surface area (Å²) >= 11 is 6.30. The van der Waals surface area contributed by atoms with Gasteiger partial charge in [0, 0.05) is 6.54 Å². The number of ether oxygens (including phenoxy) is 2. The van der Waals surface area contributed by atoms with Gasteiger partial charge in [-0.2, -0.15) is 0 Å². The fourth-order valence-electron chi connectivity index (χ4n) is 3.10. The van der Waals surface area contributed by atoms with E-state index < -0.39 is 6.04 Å². The van der Waals surface area contributed by atoms with Gasteiger partial charge in [0.2, 0.25) is 0 Å². The van der Waals surface area contributed by atoms with Crippen LogP contribution in [0.3, 0.4) is 0 Å². The lowest BCUT2D eigenvalue weighted by molar-refractivity contribution is -0.151. The first kappa shape index (κ1) is 18.3. The summed E-state index contributed by atoms with van der Waals surface area (Å²) in [5.41, 5.74) is 2.02. The summed E-state index contributed by atoms with van der Waals surface area (Å²) in [6, 6.07) is 14.8. The summed E-state index contributed by atoms with van der Waals surface area (Å²) in [4.78, 5) is 25.7. The molecule has 1 aliphatic rings. The number of hydrogen-bond acceptors (Lipinski definition) is 4. The number of carbonyl (C=O) groups excluding carboxylic acids is 2. The van der Waals surface area contributed by atoms with E-state index >= 15 is 0 Å². The Labute approximate surface area is 157 Å². The third kappa shape index (κ3) is 3.99. The van der Waals surface area contributed by atoms with E-state index in [1.807, 2.05) is 42.5 Å². The molecule has 5 nitrogen and oxygen atoms in total. The van der Waals surface area contributed by atoms with Crippen molar-refractivity contribution in [2.75, 3.05) is 20.3 Å². The Kier molecular flexibility index (Phi) is 5.78. The van der Waals surface area contributed by atoms with E-state index in [9.17, 15) is 9.59 Å². The monoisotopic (exact) mass is 373 g/mol. The molecule has 1 heterocycles. The molecule has 0 radical (unpaired) electrons. The first-order valence-corrected chi connectivity index (χ1v) is 8.83. The average Bonchev–Trinajstić information content (AvgIpc) is 3.17. The van der Waals surface area contributed by atoms with E-state index in [1.165, 1.54) is 12.0 Å². The van der Waals surface area contributed by atoms with Gasteiger partial charge in [-0.15, -0.1) is 0 Å². The molecule has 0 saturated carbocycles. The second kappa shape index (κ2) is 8.23. The van der Waals surface area contributed by atoms with Crippen LogP contribution in [0.15, 0.2) is 48.5 Å². The van der Waals surface area contributed by atoms with E-state index in [-0.39, 0.29) is 18.5 Å². The highest BCUT2D eigenvalue weighted by Crippen LogP contribution is 2.30. The number of rotatable bonds is 5. The van der Waals surface area contributed by atoms with Crippen LogP contribution >= 0.6 is 11.6 Å². The molecule has 1 amide bonds. The zero-order valence-corrected chi connectivity index (χ0v) is 15.2. The van der Waals surface area contributed by atoms with Crippen LogP contribution in [0.25, 0.3) is 11.1 Å². The molecule has 1 unspecified atom stereocenters. The second-order valence-electron chi connectivity index (χ2n) is 6.07. The molecule has 0 aliphatic carbocycles. The molecule has 0 spiro atoms. The number of halogens is 1. The molecule has 0 N–H and O–H groups in total. The minimum Gasteiger partial charge on any atom is -0.482 e. The zero-order chi connectivity index (χ0) is 18.5. The summed E-state index contributed by atoms with van der Waals surface area (Å²) in [6.07, 6.45) is 1.39. The molecule has 136 valence electrons. The van der Waals surface area contributed by atoms with E-state index in [4.69, 9.17) is 21.1 Å². The molecule has 1 saturated heterocycles. The molecule has 0 bridgehead atoms. The molecule has 3 rings (SSSR count). The van der Waals surface area contributed by atoms with Crippen molar-refractivity contribution in [3.05, 3.63) is 53.6 Å². The quantitative estimate of drug-likeness (QED) is 0.752. The third-order valence-corrected chi connectivity index (χ3v) is 4.73. The number of carbonyl (C=O) groups is 2. The van der Waals surface area contributed by atoms with E-state index in [0.29, 0.717) is 23.7 Å². The maximum Gasteiger partial charge on any atom is 0.328 e. The Morgan fingerprint density at radius 2 is 1.92 bits per heavy atom. The van der Waals surface area contributed by atoms with Crippen molar-refractivity contribution in [3.8, 4) is 16.9 Å². The minimum atomic E-state index is -0.521. The van der Waals surface area contributed by atoms with Crippen molar-refractivity contribution in [1.29, 1.82) is 0 Å². The van der Waals surface area contributed by atoms with Crippen LogP contribution in [0, 0.1) is 0 Å². The standard InChI is InChI=1S/C20H20ClNO4/c1-25-20(24)17-8-5-11-22(17)19(23)13-26-18-10-9-15(12-16(18)21)14-6-3-2-4-7-14/h2-4,6-7,9-10,12,17H,5,8,11,13H2,1H3. The SMILES string of the molecule is COC(=O)C1CCCN1C(=O)COc1ccc(-c2ccccc2)cc1Cl. The molecule has 1 atom stereocenters. The Morgan fingerprint density at radius 3 is 2.62 bits per heavy atom. The summed E-state index contributed by atoms with van der Waals surface area (Å²) in [6.45, 7) is 0.362. The van der Waals surface area contributed by atoms with Crippen LogP contribution in [-0.2, 0) is 14.3 Å². The molecule has 26 heavy (non-hydrogen) atoms. The lowest BCUT2D eigenvalue weighted by Gasteiger charge is -2.22. The topological polar surface area (TPSA) is 55.8 Å². The summed E-state index contributed by atoms with van der Waals surface area (Å²) in [5.74, 6) is -0.198. The van der Waals surface area contributed by atoms with Gasteiger partial charge in [0.1, 0.15) is 11.8 Å². The highest BCUT2D eigenvalue weighted by atomic mass is 35.5. The maximum atomic E-state index is 12.4. The van der Waals surface area contributed by atoms with Crippen molar-refractivity contribution < 1.29 is 19.1 Å². The van der Waals surface area contributed by atoms with Gasteiger partial charge >= 0.3 is 5.97 Å². The van der Waals surface area contributed by atoms with Gasteiger partial charge in [0.05, 0.1) is 12.1 Å². The molecule has 0 aromatic heterocycles. The predicted molar refractivity (Wildman–Crippen MR) is 99.1 cm³/mol. The van der Waals surface area contributed by atoms with E-state index in [2.05, 4.69) is 0 Å². The Balaban J connectivity index is 1.64. The van der Waals surface area contributed by atoms with Gasteiger partial charge in [-0.05, 0) is 36.1 Å². The first-order valence-electron chi connectivity index (χ1n) is 8.45. The van der Waals surface area contributed by atoms with Gasteiger partial charge in [-0.3, -0.25) is 4.79 Å². The van der Waals surface area contributed by atoms with Gasteiger partial charge in [0.25, 0.3) is 5.91 Å². The fourth-order valence-corrected chi connectivity index (χ4v) is 3.33. The molecule has 6 heteroatoms. The normalized spacial score (nSPS) is 16.4. The predicted octanol–water partition coefficient (Wildman–Crippen LogP) is 3.55. The zero-order valence-electron chi connectivity index (χ0n) is 14.5. The van der Waals surface area contributed by atoms with E-state index in [1.54, 1.807) is 6.07 Å². The summed E-state index contributed by atoms with van der Waals surface area (Å²) < 4.78 is 10.3. The first-order chi connectivity index (χ1) is 12.6. The Bertz CT molecular complexity index is 794. The number of esters is 1. The Hall–Kier alpha value is -2.53. The van der Waals surface area contributed by atoms with Crippen molar-refractivity contribution >= 4 is 23.5 Å². The van der Waals surface area contributed by atoms with Crippen molar-refractivity contribution in [3.63, 3.8) is 0 Å². The maximum absolute atomic E-state index is 12.4. The minimum absolute atomic E-state index is 0.169. The Morgan fingerprint density at radius 1 is 1.15 bits per heavy atom. The van der Waals surface area contributed by atoms with Crippen molar-refractivity contribution in [2.24, 2.45) is 0 Å². The van der Waals surface area contributed by atoms with Crippen molar-refractivity contribution in [2.45, 2.75) is 18.9 Å². The molecule has 2 aromatic carbocycles. The van der Waals surface area contributed by atoms with Crippen LogP contribution in [0.4, 0.5) is 0 Å². The highest BCUT2D eigenvalue weighted by Gasteiger charge is 2.34. The molecular formula is C20H20ClNO4. The number of methoxy groups -OCH3 is 1. The van der Waals surface area contributed by atoms with Crippen LogP contribution < -0.4 is 4.74 Å². The average molecular weight is 374 g/mol. The van der Waals surface area contributed by atoms with Crippen LogP contribution in [0.5, 0.6) is 5.75 Å². The lowest BCUT2D eigenvalue weighted by atomic mass is 10.1. The largest absolute Gasteiger partial charge is 0.482 e. The van der Waals surface area contributed by atoms with Crippen LogP contribution in [0.2, 0.25) is 5.02 Å². The number of likely N-dealkylation sites (tertiary alicyclic amines) is 1.